The fourth-order valence-electron chi connectivity index (χ4n) is 1.87. The molecule has 0 aromatic heterocycles. The van der Waals surface area contributed by atoms with Crippen molar-refractivity contribution in [2.24, 2.45) is 0 Å². The summed E-state index contributed by atoms with van der Waals surface area (Å²) in [5.41, 5.74) is 0. The van der Waals surface area contributed by atoms with Crippen molar-refractivity contribution in [2.45, 2.75) is 45.4 Å². The van der Waals surface area contributed by atoms with E-state index in [-0.39, 0.29) is 6.61 Å². The van der Waals surface area contributed by atoms with E-state index >= 15 is 0 Å². The summed E-state index contributed by atoms with van der Waals surface area (Å²) in [5, 5.41) is 0. The highest BCUT2D eigenvalue weighted by Gasteiger charge is 2.49. The Labute approximate surface area is 116 Å². The summed E-state index contributed by atoms with van der Waals surface area (Å²) in [7, 11) is 1.36. The van der Waals surface area contributed by atoms with Crippen LogP contribution in [-0.4, -0.2) is 56.2 Å². The average molecular weight is 290 g/mol. The van der Waals surface area contributed by atoms with Gasteiger partial charge in [0.1, 0.15) is 12.7 Å². The zero-order chi connectivity index (χ0) is 15.3. The molecular weight excluding hydrogens is 272 g/mol. The molecule has 1 aliphatic rings. The highest BCUT2D eigenvalue weighted by molar-refractivity contribution is 5.67. The highest BCUT2D eigenvalue weighted by Crippen LogP contribution is 2.27. The van der Waals surface area contributed by atoms with E-state index < -0.39 is 42.5 Å². The van der Waals surface area contributed by atoms with Crippen molar-refractivity contribution in [3.8, 4) is 0 Å². The first-order valence-corrected chi connectivity index (χ1v) is 6.01. The summed E-state index contributed by atoms with van der Waals surface area (Å²) < 4.78 is 25.5. The van der Waals surface area contributed by atoms with Crippen LogP contribution in [-0.2, 0) is 38.1 Å². The van der Waals surface area contributed by atoms with E-state index in [4.69, 9.17) is 23.7 Å². The molecule has 8 nitrogen and oxygen atoms in total. The van der Waals surface area contributed by atoms with Crippen LogP contribution in [0.2, 0.25) is 0 Å². The van der Waals surface area contributed by atoms with Crippen molar-refractivity contribution in [2.75, 3.05) is 13.7 Å². The molecule has 1 heterocycles. The fraction of sp³-hybridized carbons (Fsp3) is 0.750. The van der Waals surface area contributed by atoms with Crippen molar-refractivity contribution in [1.82, 2.24) is 0 Å². The smallest absolute Gasteiger partial charge is 0.303 e. The maximum absolute atomic E-state index is 11.1. The minimum Gasteiger partial charge on any atom is -0.463 e. The van der Waals surface area contributed by atoms with Gasteiger partial charge in [0.05, 0.1) is 0 Å². The van der Waals surface area contributed by atoms with Crippen LogP contribution < -0.4 is 0 Å². The molecule has 4 atom stereocenters. The van der Waals surface area contributed by atoms with Gasteiger partial charge in [0.25, 0.3) is 0 Å². The summed E-state index contributed by atoms with van der Waals surface area (Å²) >= 11 is 0. The van der Waals surface area contributed by atoms with E-state index in [1.54, 1.807) is 0 Å². The van der Waals surface area contributed by atoms with Crippen LogP contribution >= 0.6 is 0 Å². The molecule has 1 rings (SSSR count). The molecule has 114 valence electrons. The number of rotatable bonds is 5. The molecule has 0 aromatic rings. The molecule has 0 spiro atoms. The molecule has 1 aliphatic heterocycles. The number of esters is 3. The third-order valence-electron chi connectivity index (χ3n) is 2.55. The van der Waals surface area contributed by atoms with Gasteiger partial charge in [0.2, 0.25) is 0 Å². The van der Waals surface area contributed by atoms with Crippen LogP contribution in [0, 0.1) is 0 Å². The lowest BCUT2D eigenvalue weighted by Crippen LogP contribution is -2.41. The predicted octanol–water partition coefficient (Wildman–Crippen LogP) is -0.216. The molecule has 1 unspecified atom stereocenters. The Morgan fingerprint density at radius 2 is 1.50 bits per heavy atom. The van der Waals surface area contributed by atoms with Crippen LogP contribution in [0.4, 0.5) is 0 Å². The molecule has 0 radical (unpaired) electrons. The number of hydrogen-bond acceptors (Lipinski definition) is 8. The van der Waals surface area contributed by atoms with Crippen LogP contribution in [0.5, 0.6) is 0 Å². The van der Waals surface area contributed by atoms with Crippen LogP contribution in [0.3, 0.4) is 0 Å². The fourth-order valence-corrected chi connectivity index (χ4v) is 1.87. The van der Waals surface area contributed by atoms with Crippen LogP contribution in [0.15, 0.2) is 0 Å². The van der Waals surface area contributed by atoms with E-state index in [2.05, 4.69) is 0 Å². The Morgan fingerprint density at radius 1 is 0.950 bits per heavy atom. The van der Waals surface area contributed by atoms with Crippen molar-refractivity contribution in [3.63, 3.8) is 0 Å². The number of carbonyl (C=O) groups excluding carboxylic acids is 3. The molecule has 1 saturated heterocycles. The van der Waals surface area contributed by atoms with Crippen LogP contribution in [0.25, 0.3) is 0 Å². The summed E-state index contributed by atoms with van der Waals surface area (Å²) in [6.45, 7) is 3.54. The van der Waals surface area contributed by atoms with E-state index in [1.807, 2.05) is 0 Å². The molecule has 0 N–H and O–H groups in total. The third-order valence-corrected chi connectivity index (χ3v) is 2.55. The first-order valence-electron chi connectivity index (χ1n) is 6.01. The predicted molar refractivity (Wildman–Crippen MR) is 63.4 cm³/mol. The second-order valence-corrected chi connectivity index (χ2v) is 4.23. The van der Waals surface area contributed by atoms with Gasteiger partial charge in [0.15, 0.2) is 18.5 Å². The van der Waals surface area contributed by atoms with Crippen molar-refractivity contribution < 1.29 is 38.1 Å². The van der Waals surface area contributed by atoms with Gasteiger partial charge in [-0.25, -0.2) is 0 Å². The van der Waals surface area contributed by atoms with E-state index in [0.29, 0.717) is 0 Å². The van der Waals surface area contributed by atoms with E-state index in [1.165, 1.54) is 27.9 Å². The molecule has 0 aliphatic carbocycles. The summed E-state index contributed by atoms with van der Waals surface area (Å²) in [5.74, 6) is -1.63. The minimum atomic E-state index is -0.915. The molecule has 20 heavy (non-hydrogen) atoms. The summed E-state index contributed by atoms with van der Waals surface area (Å²) in [6, 6.07) is 0. The number of ether oxygens (including phenoxy) is 5. The Hall–Kier alpha value is -1.67. The van der Waals surface area contributed by atoms with Crippen molar-refractivity contribution in [1.29, 1.82) is 0 Å². The maximum Gasteiger partial charge on any atom is 0.303 e. The molecule has 0 amide bonds. The lowest BCUT2D eigenvalue weighted by Gasteiger charge is -2.22. The molecule has 0 aromatic carbocycles. The number of hydrogen-bond donors (Lipinski definition) is 0. The van der Waals surface area contributed by atoms with Crippen LogP contribution in [0.1, 0.15) is 20.8 Å². The van der Waals surface area contributed by atoms with Gasteiger partial charge in [-0.1, -0.05) is 0 Å². The highest BCUT2D eigenvalue weighted by atomic mass is 16.7. The van der Waals surface area contributed by atoms with Gasteiger partial charge in [-0.05, 0) is 0 Å². The Kier molecular flexibility index (Phi) is 5.90. The van der Waals surface area contributed by atoms with Gasteiger partial charge in [-0.2, -0.15) is 0 Å². The Morgan fingerprint density at radius 3 is 1.95 bits per heavy atom. The SMILES string of the molecule is COC1O[C@@H](COC(C)=O)[C@H](OC(C)=O)[C@@H]1OC(C)=O. The Bertz CT molecular complexity index is 380. The number of carbonyl (C=O) groups is 3. The minimum absolute atomic E-state index is 0.134. The van der Waals surface area contributed by atoms with Gasteiger partial charge in [-0.3, -0.25) is 14.4 Å². The first-order chi connectivity index (χ1) is 9.35. The zero-order valence-corrected chi connectivity index (χ0v) is 11.8. The summed E-state index contributed by atoms with van der Waals surface area (Å²) in [4.78, 5) is 33.1. The van der Waals surface area contributed by atoms with Gasteiger partial charge < -0.3 is 23.7 Å². The van der Waals surface area contributed by atoms with Gasteiger partial charge in [-0.15, -0.1) is 0 Å². The van der Waals surface area contributed by atoms with Crippen molar-refractivity contribution in [3.05, 3.63) is 0 Å². The topological polar surface area (TPSA) is 97.4 Å². The standard InChI is InChI=1S/C12H18O8/c1-6(13)17-5-9-10(18-7(2)14)11(19-8(3)15)12(16-4)20-9/h9-12H,5H2,1-4H3/t9-,10-,11-,12?/m0/s1. The maximum atomic E-state index is 11.1. The monoisotopic (exact) mass is 290 g/mol. The second kappa shape index (κ2) is 7.20. The quantitative estimate of drug-likeness (QED) is 0.506. The lowest BCUT2D eigenvalue weighted by atomic mass is 10.1. The normalized spacial score (nSPS) is 28.8. The van der Waals surface area contributed by atoms with E-state index in [9.17, 15) is 14.4 Å². The average Bonchev–Trinajstić information content (AvgIpc) is 2.63. The van der Waals surface area contributed by atoms with Crippen molar-refractivity contribution >= 4 is 17.9 Å². The van der Waals surface area contributed by atoms with E-state index in [0.717, 1.165) is 0 Å². The van der Waals surface area contributed by atoms with Gasteiger partial charge >= 0.3 is 17.9 Å². The largest absolute Gasteiger partial charge is 0.463 e. The molecular formula is C12H18O8. The second-order valence-electron chi connectivity index (χ2n) is 4.23. The Balaban J connectivity index is 2.84. The number of methoxy groups -OCH3 is 1. The molecule has 0 saturated carbocycles. The zero-order valence-electron chi connectivity index (χ0n) is 11.8. The molecule has 8 heteroatoms. The van der Waals surface area contributed by atoms with Gasteiger partial charge in [0, 0.05) is 27.9 Å². The lowest BCUT2D eigenvalue weighted by molar-refractivity contribution is -0.181. The third kappa shape index (κ3) is 4.46. The first kappa shape index (κ1) is 16.4. The molecule has 1 fully saturated rings. The molecule has 0 bridgehead atoms. The summed E-state index contributed by atoms with van der Waals surface area (Å²) in [6.07, 6.45) is -3.48.